The standard InChI is InChI=1S/C16H24O/c1-12(2)16(13(3)4,14(5)17)11-15-9-7-6-8-10-15/h6-10,12-13H,11H2,1-5H3. The third kappa shape index (κ3) is 2.77. The summed E-state index contributed by atoms with van der Waals surface area (Å²) in [4.78, 5) is 12.2. The van der Waals surface area contributed by atoms with E-state index in [0.29, 0.717) is 17.6 Å². The van der Waals surface area contributed by atoms with Crippen molar-refractivity contribution in [1.82, 2.24) is 0 Å². The molecule has 0 bridgehead atoms. The number of carbonyl (C=O) groups excluding carboxylic acids is 1. The van der Waals surface area contributed by atoms with Gasteiger partial charge in [-0.05, 0) is 30.7 Å². The van der Waals surface area contributed by atoms with Gasteiger partial charge in [0.1, 0.15) is 5.78 Å². The minimum absolute atomic E-state index is 0.235. The molecule has 1 heteroatoms. The minimum atomic E-state index is -0.235. The molecular formula is C16H24O. The first-order valence-corrected chi connectivity index (χ1v) is 6.46. The van der Waals surface area contributed by atoms with Gasteiger partial charge in [0, 0.05) is 5.41 Å². The largest absolute Gasteiger partial charge is 0.299 e. The summed E-state index contributed by atoms with van der Waals surface area (Å²) >= 11 is 0. The Morgan fingerprint density at radius 3 is 1.88 bits per heavy atom. The van der Waals surface area contributed by atoms with E-state index < -0.39 is 0 Å². The highest BCUT2D eigenvalue weighted by Gasteiger charge is 2.41. The zero-order valence-electron chi connectivity index (χ0n) is 11.7. The molecule has 1 aromatic rings. The van der Waals surface area contributed by atoms with Gasteiger partial charge in [0.2, 0.25) is 0 Å². The van der Waals surface area contributed by atoms with E-state index in [1.165, 1.54) is 5.56 Å². The van der Waals surface area contributed by atoms with Gasteiger partial charge >= 0.3 is 0 Å². The van der Waals surface area contributed by atoms with Crippen LogP contribution in [0.5, 0.6) is 0 Å². The lowest BCUT2D eigenvalue weighted by molar-refractivity contribution is -0.132. The average molecular weight is 232 g/mol. The topological polar surface area (TPSA) is 17.1 Å². The van der Waals surface area contributed by atoms with E-state index in [1.54, 1.807) is 6.92 Å². The molecule has 17 heavy (non-hydrogen) atoms. The van der Waals surface area contributed by atoms with Crippen molar-refractivity contribution in [2.75, 3.05) is 0 Å². The van der Waals surface area contributed by atoms with Gasteiger partial charge in [-0.2, -0.15) is 0 Å². The molecule has 0 spiro atoms. The van der Waals surface area contributed by atoms with E-state index >= 15 is 0 Å². The maximum absolute atomic E-state index is 12.2. The van der Waals surface area contributed by atoms with Gasteiger partial charge in [0.15, 0.2) is 0 Å². The zero-order chi connectivity index (χ0) is 13.1. The van der Waals surface area contributed by atoms with Crippen molar-refractivity contribution in [3.63, 3.8) is 0 Å². The van der Waals surface area contributed by atoms with Crippen LogP contribution in [0, 0.1) is 17.3 Å². The monoisotopic (exact) mass is 232 g/mol. The fraction of sp³-hybridized carbons (Fsp3) is 0.562. The molecule has 0 atom stereocenters. The van der Waals surface area contributed by atoms with Crippen LogP contribution in [0.15, 0.2) is 30.3 Å². The van der Waals surface area contributed by atoms with E-state index in [9.17, 15) is 4.79 Å². The van der Waals surface area contributed by atoms with Crippen molar-refractivity contribution < 1.29 is 4.79 Å². The molecular weight excluding hydrogens is 208 g/mol. The van der Waals surface area contributed by atoms with Gasteiger partial charge in [-0.1, -0.05) is 58.0 Å². The summed E-state index contributed by atoms with van der Waals surface area (Å²) in [6, 6.07) is 10.3. The minimum Gasteiger partial charge on any atom is -0.299 e. The van der Waals surface area contributed by atoms with Gasteiger partial charge in [0.05, 0.1) is 0 Å². The number of ketones is 1. The van der Waals surface area contributed by atoms with Gasteiger partial charge in [-0.3, -0.25) is 4.79 Å². The number of Topliss-reactive ketones (excluding diaryl/α,β-unsaturated/α-hetero) is 1. The van der Waals surface area contributed by atoms with Crippen LogP contribution in [-0.4, -0.2) is 5.78 Å². The van der Waals surface area contributed by atoms with E-state index in [2.05, 4.69) is 39.8 Å². The summed E-state index contributed by atoms with van der Waals surface area (Å²) in [5.41, 5.74) is 1.02. The maximum atomic E-state index is 12.2. The van der Waals surface area contributed by atoms with Crippen LogP contribution in [0.1, 0.15) is 40.2 Å². The van der Waals surface area contributed by atoms with Gasteiger partial charge in [0.25, 0.3) is 0 Å². The van der Waals surface area contributed by atoms with Crippen molar-refractivity contribution in [2.45, 2.75) is 41.0 Å². The Morgan fingerprint density at radius 1 is 1.06 bits per heavy atom. The predicted octanol–water partition coefficient (Wildman–Crippen LogP) is 4.12. The molecule has 0 aliphatic heterocycles. The number of rotatable bonds is 5. The molecule has 0 N–H and O–H groups in total. The number of hydrogen-bond acceptors (Lipinski definition) is 1. The molecule has 0 radical (unpaired) electrons. The van der Waals surface area contributed by atoms with Gasteiger partial charge in [-0.25, -0.2) is 0 Å². The SMILES string of the molecule is CC(=O)C(Cc1ccccc1)(C(C)C)C(C)C. The highest BCUT2D eigenvalue weighted by atomic mass is 16.1. The second-order valence-electron chi connectivity index (χ2n) is 5.57. The van der Waals surface area contributed by atoms with Crippen LogP contribution in [0.2, 0.25) is 0 Å². The van der Waals surface area contributed by atoms with Gasteiger partial charge in [-0.15, -0.1) is 0 Å². The average Bonchev–Trinajstić information content (AvgIpc) is 2.25. The molecule has 94 valence electrons. The normalized spacial score (nSPS) is 12.2. The van der Waals surface area contributed by atoms with Crippen LogP contribution in [-0.2, 0) is 11.2 Å². The van der Waals surface area contributed by atoms with Gasteiger partial charge < -0.3 is 0 Å². The Bertz CT molecular complexity index is 354. The van der Waals surface area contributed by atoms with Crippen molar-refractivity contribution in [1.29, 1.82) is 0 Å². The first-order valence-electron chi connectivity index (χ1n) is 6.46. The lowest BCUT2D eigenvalue weighted by atomic mass is 9.63. The summed E-state index contributed by atoms with van der Waals surface area (Å²) in [5, 5.41) is 0. The first-order chi connectivity index (χ1) is 7.91. The molecule has 1 rings (SSSR count). The highest BCUT2D eigenvalue weighted by Crippen LogP contribution is 2.40. The quantitative estimate of drug-likeness (QED) is 0.746. The van der Waals surface area contributed by atoms with E-state index in [4.69, 9.17) is 0 Å². The van der Waals surface area contributed by atoms with E-state index in [0.717, 1.165) is 6.42 Å². The lowest BCUT2D eigenvalue weighted by Gasteiger charge is -2.39. The van der Waals surface area contributed by atoms with Crippen LogP contribution in [0.4, 0.5) is 0 Å². The highest BCUT2D eigenvalue weighted by molar-refractivity contribution is 5.83. The Kier molecular flexibility index (Phi) is 4.50. The molecule has 0 aromatic heterocycles. The van der Waals surface area contributed by atoms with Crippen molar-refractivity contribution in [3.8, 4) is 0 Å². The third-order valence-electron chi connectivity index (χ3n) is 4.06. The Balaban J connectivity index is 3.11. The second kappa shape index (κ2) is 5.48. The second-order valence-corrected chi connectivity index (χ2v) is 5.57. The molecule has 0 saturated heterocycles. The molecule has 0 fully saturated rings. The summed E-state index contributed by atoms with van der Waals surface area (Å²) in [7, 11) is 0. The van der Waals surface area contributed by atoms with E-state index in [-0.39, 0.29) is 5.41 Å². The Morgan fingerprint density at radius 2 is 1.53 bits per heavy atom. The van der Waals surface area contributed by atoms with Crippen LogP contribution < -0.4 is 0 Å². The summed E-state index contributed by atoms with van der Waals surface area (Å²) in [6.07, 6.45) is 0.846. The predicted molar refractivity (Wildman–Crippen MR) is 72.9 cm³/mol. The van der Waals surface area contributed by atoms with Crippen molar-refractivity contribution in [3.05, 3.63) is 35.9 Å². The summed E-state index contributed by atoms with van der Waals surface area (Å²) in [5.74, 6) is 1.03. The lowest BCUT2D eigenvalue weighted by Crippen LogP contribution is -2.42. The van der Waals surface area contributed by atoms with E-state index in [1.807, 2.05) is 18.2 Å². The summed E-state index contributed by atoms with van der Waals surface area (Å²) in [6.45, 7) is 10.4. The smallest absolute Gasteiger partial charge is 0.136 e. The van der Waals surface area contributed by atoms with Crippen molar-refractivity contribution >= 4 is 5.78 Å². The molecule has 0 unspecified atom stereocenters. The van der Waals surface area contributed by atoms with Crippen LogP contribution in [0.3, 0.4) is 0 Å². The Labute approximate surface area is 105 Å². The fourth-order valence-electron chi connectivity index (χ4n) is 2.95. The van der Waals surface area contributed by atoms with Crippen molar-refractivity contribution in [2.24, 2.45) is 17.3 Å². The molecule has 0 aliphatic rings. The number of carbonyl (C=O) groups is 1. The van der Waals surface area contributed by atoms with Crippen LogP contribution >= 0.6 is 0 Å². The zero-order valence-corrected chi connectivity index (χ0v) is 11.7. The number of hydrogen-bond donors (Lipinski definition) is 0. The molecule has 1 aromatic carbocycles. The Hall–Kier alpha value is -1.11. The molecule has 1 nitrogen and oxygen atoms in total. The molecule has 0 amide bonds. The number of benzene rings is 1. The first kappa shape index (κ1) is 14.0. The maximum Gasteiger partial charge on any atom is 0.136 e. The fourth-order valence-corrected chi connectivity index (χ4v) is 2.95. The molecule has 0 saturated carbocycles. The van der Waals surface area contributed by atoms with Crippen LogP contribution in [0.25, 0.3) is 0 Å². The third-order valence-corrected chi connectivity index (χ3v) is 4.06. The summed E-state index contributed by atoms with van der Waals surface area (Å²) < 4.78 is 0. The molecule has 0 aliphatic carbocycles. The molecule has 0 heterocycles.